The molecular formula is C11H13BrFNO2. The van der Waals surface area contributed by atoms with Gasteiger partial charge < -0.3 is 10.1 Å². The van der Waals surface area contributed by atoms with Crippen molar-refractivity contribution in [2.75, 3.05) is 13.7 Å². The molecule has 1 atom stereocenters. The lowest BCUT2D eigenvalue weighted by molar-refractivity contribution is 0.0904. The molecule has 0 heterocycles. The third kappa shape index (κ3) is 3.57. The Morgan fingerprint density at radius 1 is 1.62 bits per heavy atom. The van der Waals surface area contributed by atoms with Crippen LogP contribution in [0.3, 0.4) is 0 Å². The Balaban J connectivity index is 2.76. The van der Waals surface area contributed by atoms with Crippen LogP contribution >= 0.6 is 15.9 Å². The van der Waals surface area contributed by atoms with Gasteiger partial charge in [-0.25, -0.2) is 4.39 Å². The number of carbonyl (C=O) groups excluding carboxylic acids is 1. The molecular weight excluding hydrogens is 277 g/mol. The van der Waals surface area contributed by atoms with E-state index in [2.05, 4.69) is 21.2 Å². The van der Waals surface area contributed by atoms with E-state index in [9.17, 15) is 9.18 Å². The predicted octanol–water partition coefficient (Wildman–Crippen LogP) is 2.35. The summed E-state index contributed by atoms with van der Waals surface area (Å²) in [5.74, 6) is -0.760. The van der Waals surface area contributed by atoms with Gasteiger partial charge in [-0.1, -0.05) is 0 Å². The molecule has 0 aliphatic carbocycles. The van der Waals surface area contributed by atoms with Crippen molar-refractivity contribution >= 4 is 21.8 Å². The van der Waals surface area contributed by atoms with Crippen LogP contribution in [0.1, 0.15) is 17.3 Å². The summed E-state index contributed by atoms with van der Waals surface area (Å²) in [5, 5.41) is 2.70. The Bertz CT molecular complexity index is 384. The Labute approximate surface area is 102 Å². The average molecular weight is 290 g/mol. The summed E-state index contributed by atoms with van der Waals surface area (Å²) in [7, 11) is 1.56. The zero-order valence-corrected chi connectivity index (χ0v) is 10.7. The normalized spacial score (nSPS) is 12.2. The number of carbonyl (C=O) groups is 1. The summed E-state index contributed by atoms with van der Waals surface area (Å²) in [6.07, 6.45) is 0. The monoisotopic (exact) mass is 289 g/mol. The molecule has 0 bridgehead atoms. The van der Waals surface area contributed by atoms with E-state index in [0.717, 1.165) is 0 Å². The molecule has 0 radical (unpaired) electrons. The molecule has 0 saturated heterocycles. The van der Waals surface area contributed by atoms with Gasteiger partial charge in [0.15, 0.2) is 0 Å². The maximum Gasteiger partial charge on any atom is 0.252 e. The third-order valence-corrected chi connectivity index (χ3v) is 2.66. The standard InChI is InChI=1S/C11H13BrFNO2/c1-7(6-16-2)14-11(15)9-5-8(13)3-4-10(9)12/h3-5,7H,6H2,1-2H3,(H,14,15). The van der Waals surface area contributed by atoms with Crippen LogP contribution in [0.2, 0.25) is 0 Å². The molecule has 1 rings (SSSR count). The topological polar surface area (TPSA) is 38.3 Å². The maximum atomic E-state index is 13.0. The van der Waals surface area contributed by atoms with E-state index in [-0.39, 0.29) is 17.5 Å². The summed E-state index contributed by atoms with van der Waals surface area (Å²) >= 11 is 3.20. The van der Waals surface area contributed by atoms with Crippen LogP contribution in [0, 0.1) is 5.82 Å². The van der Waals surface area contributed by atoms with Gasteiger partial charge in [0.2, 0.25) is 0 Å². The Morgan fingerprint density at radius 3 is 2.94 bits per heavy atom. The van der Waals surface area contributed by atoms with E-state index in [1.807, 2.05) is 6.92 Å². The van der Waals surface area contributed by atoms with Crippen LogP contribution in [0.5, 0.6) is 0 Å². The van der Waals surface area contributed by atoms with Crippen LogP contribution in [0.15, 0.2) is 22.7 Å². The van der Waals surface area contributed by atoms with Gasteiger partial charge in [-0.15, -0.1) is 0 Å². The highest BCUT2D eigenvalue weighted by Crippen LogP contribution is 2.17. The van der Waals surface area contributed by atoms with E-state index < -0.39 is 5.82 Å². The maximum absolute atomic E-state index is 13.0. The summed E-state index contributed by atoms with van der Waals surface area (Å²) in [6.45, 7) is 2.23. The molecule has 1 aromatic rings. The minimum atomic E-state index is -0.437. The van der Waals surface area contributed by atoms with Crippen molar-refractivity contribution in [1.82, 2.24) is 5.32 Å². The van der Waals surface area contributed by atoms with Crippen LogP contribution in [0.4, 0.5) is 4.39 Å². The minimum Gasteiger partial charge on any atom is -0.383 e. The van der Waals surface area contributed by atoms with Crippen molar-refractivity contribution in [3.05, 3.63) is 34.1 Å². The quantitative estimate of drug-likeness (QED) is 0.924. The number of benzene rings is 1. The second kappa shape index (κ2) is 5.96. The first-order valence-corrected chi connectivity index (χ1v) is 5.58. The van der Waals surface area contributed by atoms with Gasteiger partial charge in [0, 0.05) is 17.6 Å². The van der Waals surface area contributed by atoms with Crippen molar-refractivity contribution in [2.24, 2.45) is 0 Å². The molecule has 1 aromatic carbocycles. The molecule has 88 valence electrons. The fraction of sp³-hybridized carbons (Fsp3) is 0.364. The van der Waals surface area contributed by atoms with E-state index in [4.69, 9.17) is 4.74 Å². The van der Waals surface area contributed by atoms with Gasteiger partial charge in [0.05, 0.1) is 12.2 Å². The lowest BCUT2D eigenvalue weighted by atomic mass is 10.2. The van der Waals surface area contributed by atoms with E-state index in [1.54, 1.807) is 7.11 Å². The molecule has 16 heavy (non-hydrogen) atoms. The van der Waals surface area contributed by atoms with E-state index in [0.29, 0.717) is 11.1 Å². The third-order valence-electron chi connectivity index (χ3n) is 1.97. The molecule has 1 unspecified atom stereocenters. The first kappa shape index (κ1) is 13.1. The summed E-state index contributed by atoms with van der Waals surface area (Å²) in [4.78, 5) is 11.7. The highest BCUT2D eigenvalue weighted by Gasteiger charge is 2.13. The fourth-order valence-corrected chi connectivity index (χ4v) is 1.69. The molecule has 3 nitrogen and oxygen atoms in total. The second-order valence-electron chi connectivity index (χ2n) is 3.45. The van der Waals surface area contributed by atoms with Crippen molar-refractivity contribution < 1.29 is 13.9 Å². The minimum absolute atomic E-state index is 0.118. The largest absolute Gasteiger partial charge is 0.383 e. The summed E-state index contributed by atoms with van der Waals surface area (Å²) in [6, 6.07) is 3.87. The fourth-order valence-electron chi connectivity index (χ4n) is 1.26. The molecule has 0 aliphatic heterocycles. The van der Waals surface area contributed by atoms with Crippen LogP contribution in [0.25, 0.3) is 0 Å². The number of methoxy groups -OCH3 is 1. The van der Waals surface area contributed by atoms with Gasteiger partial charge in [-0.05, 0) is 41.1 Å². The Hall–Kier alpha value is -0.940. The van der Waals surface area contributed by atoms with E-state index in [1.165, 1.54) is 18.2 Å². The molecule has 5 heteroatoms. The predicted molar refractivity (Wildman–Crippen MR) is 62.9 cm³/mol. The zero-order valence-electron chi connectivity index (χ0n) is 9.09. The van der Waals surface area contributed by atoms with Crippen molar-refractivity contribution in [2.45, 2.75) is 13.0 Å². The van der Waals surface area contributed by atoms with Gasteiger partial charge in [-0.3, -0.25) is 4.79 Å². The van der Waals surface area contributed by atoms with Crippen molar-refractivity contribution in [3.63, 3.8) is 0 Å². The number of amides is 1. The van der Waals surface area contributed by atoms with Crippen LogP contribution in [-0.4, -0.2) is 25.7 Å². The molecule has 0 saturated carbocycles. The summed E-state index contributed by atoms with van der Waals surface area (Å²) in [5.41, 5.74) is 0.281. The number of ether oxygens (including phenoxy) is 1. The van der Waals surface area contributed by atoms with Gasteiger partial charge in [0.1, 0.15) is 5.82 Å². The van der Waals surface area contributed by atoms with Crippen molar-refractivity contribution in [3.8, 4) is 0 Å². The highest BCUT2D eigenvalue weighted by atomic mass is 79.9. The number of hydrogen-bond donors (Lipinski definition) is 1. The number of rotatable bonds is 4. The molecule has 0 spiro atoms. The SMILES string of the molecule is COCC(C)NC(=O)c1cc(F)ccc1Br. The average Bonchev–Trinajstić information content (AvgIpc) is 2.21. The Morgan fingerprint density at radius 2 is 2.31 bits per heavy atom. The first-order chi connectivity index (χ1) is 7.54. The van der Waals surface area contributed by atoms with Crippen LogP contribution in [-0.2, 0) is 4.74 Å². The molecule has 0 fully saturated rings. The molecule has 1 amide bonds. The second-order valence-corrected chi connectivity index (χ2v) is 4.31. The summed E-state index contributed by atoms with van der Waals surface area (Å²) < 4.78 is 18.4. The van der Waals surface area contributed by atoms with Gasteiger partial charge >= 0.3 is 0 Å². The van der Waals surface area contributed by atoms with E-state index >= 15 is 0 Å². The van der Waals surface area contributed by atoms with Crippen molar-refractivity contribution in [1.29, 1.82) is 0 Å². The molecule has 0 aliphatic rings. The zero-order chi connectivity index (χ0) is 12.1. The van der Waals surface area contributed by atoms with Crippen LogP contribution < -0.4 is 5.32 Å². The Kier molecular flexibility index (Phi) is 4.89. The first-order valence-electron chi connectivity index (χ1n) is 4.79. The smallest absolute Gasteiger partial charge is 0.252 e. The number of nitrogens with one attached hydrogen (secondary N) is 1. The lowest BCUT2D eigenvalue weighted by Gasteiger charge is -2.13. The lowest BCUT2D eigenvalue weighted by Crippen LogP contribution is -2.35. The number of halogens is 2. The van der Waals surface area contributed by atoms with Gasteiger partial charge in [-0.2, -0.15) is 0 Å². The molecule has 1 N–H and O–H groups in total. The molecule has 0 aromatic heterocycles. The highest BCUT2D eigenvalue weighted by molar-refractivity contribution is 9.10. The number of hydrogen-bond acceptors (Lipinski definition) is 2. The van der Waals surface area contributed by atoms with Gasteiger partial charge in [0.25, 0.3) is 5.91 Å².